The zero-order chi connectivity index (χ0) is 13.7. The lowest BCUT2D eigenvalue weighted by atomic mass is 9.97. The molecule has 0 bridgehead atoms. The van der Waals surface area contributed by atoms with Crippen LogP contribution in [0.2, 0.25) is 0 Å². The van der Waals surface area contributed by atoms with E-state index < -0.39 is 5.97 Å². The zero-order valence-electron chi connectivity index (χ0n) is 10.9. The van der Waals surface area contributed by atoms with Crippen molar-refractivity contribution in [2.75, 3.05) is 6.54 Å². The van der Waals surface area contributed by atoms with Gasteiger partial charge in [-0.05, 0) is 48.1 Å². The Morgan fingerprint density at radius 1 is 1.42 bits per heavy atom. The number of hydrogen-bond donors (Lipinski definition) is 1. The maximum absolute atomic E-state index is 12.3. The van der Waals surface area contributed by atoms with E-state index in [0.717, 1.165) is 31.4 Å². The van der Waals surface area contributed by atoms with Crippen molar-refractivity contribution in [2.24, 2.45) is 0 Å². The normalized spacial score (nSPS) is 19.4. The molecule has 0 saturated carbocycles. The maximum Gasteiger partial charge on any atom is 0.303 e. The van der Waals surface area contributed by atoms with Gasteiger partial charge in [0.15, 0.2) is 0 Å². The number of aliphatic carboxylic acids is 1. The smallest absolute Gasteiger partial charge is 0.303 e. The second kappa shape index (κ2) is 6.70. The second-order valence-corrected chi connectivity index (χ2v) is 5.76. The van der Waals surface area contributed by atoms with Gasteiger partial charge in [0.2, 0.25) is 5.91 Å². The summed E-state index contributed by atoms with van der Waals surface area (Å²) in [5.41, 5.74) is 1.05. The van der Waals surface area contributed by atoms with Crippen molar-refractivity contribution in [2.45, 2.75) is 44.6 Å². The van der Waals surface area contributed by atoms with Gasteiger partial charge in [0.05, 0.1) is 6.42 Å². The van der Waals surface area contributed by atoms with E-state index >= 15 is 0 Å². The lowest BCUT2D eigenvalue weighted by Crippen LogP contribution is -2.44. The van der Waals surface area contributed by atoms with Gasteiger partial charge in [0, 0.05) is 19.0 Å². The molecular weight excluding hydrogens is 262 g/mol. The minimum atomic E-state index is -0.782. The predicted octanol–water partition coefficient (Wildman–Crippen LogP) is 2.54. The molecule has 1 saturated heterocycles. The number of amides is 1. The number of nitrogens with zero attached hydrogens (tertiary/aromatic N) is 1. The Kier molecular flexibility index (Phi) is 4.96. The number of carbonyl (C=O) groups is 2. The third-order valence-corrected chi connectivity index (χ3v) is 4.31. The number of rotatable bonds is 5. The van der Waals surface area contributed by atoms with Gasteiger partial charge >= 0.3 is 5.97 Å². The molecule has 1 N–H and O–H groups in total. The van der Waals surface area contributed by atoms with Gasteiger partial charge in [0.25, 0.3) is 0 Å². The van der Waals surface area contributed by atoms with E-state index in [1.165, 1.54) is 0 Å². The summed E-state index contributed by atoms with van der Waals surface area (Å²) in [6.45, 7) is 0.771. The van der Waals surface area contributed by atoms with Gasteiger partial charge in [0.1, 0.15) is 0 Å². The fraction of sp³-hybridized carbons (Fsp3) is 0.571. The fourth-order valence-electron chi connectivity index (χ4n) is 2.59. The summed E-state index contributed by atoms with van der Waals surface area (Å²) >= 11 is 1.59. The van der Waals surface area contributed by atoms with Crippen LogP contribution in [0.1, 0.15) is 37.7 Å². The van der Waals surface area contributed by atoms with E-state index in [1.54, 1.807) is 11.3 Å². The van der Waals surface area contributed by atoms with Crippen molar-refractivity contribution in [3.63, 3.8) is 0 Å². The highest BCUT2D eigenvalue weighted by atomic mass is 32.1. The third-order valence-electron chi connectivity index (χ3n) is 3.57. The Labute approximate surface area is 117 Å². The third kappa shape index (κ3) is 4.06. The monoisotopic (exact) mass is 281 g/mol. The highest BCUT2D eigenvalue weighted by molar-refractivity contribution is 7.07. The number of likely N-dealkylation sites (tertiary alicyclic amines) is 1. The van der Waals surface area contributed by atoms with Crippen molar-refractivity contribution in [3.8, 4) is 0 Å². The van der Waals surface area contributed by atoms with Crippen LogP contribution < -0.4 is 0 Å². The lowest BCUT2D eigenvalue weighted by Gasteiger charge is -2.35. The highest BCUT2D eigenvalue weighted by Gasteiger charge is 2.26. The Hall–Kier alpha value is -1.36. The summed E-state index contributed by atoms with van der Waals surface area (Å²) in [5.74, 6) is -0.649. The average molecular weight is 281 g/mol. The second-order valence-electron chi connectivity index (χ2n) is 4.98. The molecule has 0 aromatic carbocycles. The minimum absolute atomic E-state index is 0.107. The summed E-state index contributed by atoms with van der Waals surface area (Å²) in [6, 6.07) is 2.08. The number of carboxylic acids is 1. The average Bonchev–Trinajstić information content (AvgIpc) is 2.89. The molecule has 1 aromatic heterocycles. The molecule has 1 amide bonds. The van der Waals surface area contributed by atoms with E-state index in [4.69, 9.17) is 5.11 Å². The lowest BCUT2D eigenvalue weighted by molar-refractivity contribution is -0.139. The Morgan fingerprint density at radius 2 is 2.26 bits per heavy atom. The molecular formula is C14H19NO3S. The van der Waals surface area contributed by atoms with Crippen molar-refractivity contribution in [1.29, 1.82) is 0 Å². The van der Waals surface area contributed by atoms with E-state index in [1.807, 2.05) is 21.7 Å². The predicted molar refractivity (Wildman–Crippen MR) is 74.2 cm³/mol. The Bertz CT molecular complexity index is 430. The van der Waals surface area contributed by atoms with Crippen LogP contribution in [0, 0.1) is 0 Å². The number of carboxylic acid groups (broad SMARTS) is 1. The van der Waals surface area contributed by atoms with Crippen molar-refractivity contribution < 1.29 is 14.7 Å². The molecule has 2 rings (SSSR count). The fourth-order valence-corrected chi connectivity index (χ4v) is 3.26. The number of thiophene rings is 1. The zero-order valence-corrected chi connectivity index (χ0v) is 11.7. The molecule has 5 heteroatoms. The molecule has 1 aliphatic heterocycles. The SMILES string of the molecule is O=C(O)CC[C@@H]1CCCCN1C(=O)Cc1ccsc1. The van der Waals surface area contributed by atoms with E-state index in [-0.39, 0.29) is 18.4 Å². The molecule has 2 heterocycles. The largest absolute Gasteiger partial charge is 0.481 e. The van der Waals surface area contributed by atoms with Crippen molar-refractivity contribution in [1.82, 2.24) is 4.90 Å². The standard InChI is InChI=1S/C14H19NO3S/c16-13(9-11-6-8-19-10-11)15-7-2-1-3-12(15)4-5-14(17)18/h6,8,10,12H,1-5,7,9H2,(H,17,18)/t12-/m0/s1. The maximum atomic E-state index is 12.3. The van der Waals surface area contributed by atoms with Gasteiger partial charge in [-0.2, -0.15) is 11.3 Å². The molecule has 0 radical (unpaired) electrons. The summed E-state index contributed by atoms with van der Waals surface area (Å²) in [5, 5.41) is 12.7. The van der Waals surface area contributed by atoms with Crippen LogP contribution in [0.25, 0.3) is 0 Å². The molecule has 0 unspecified atom stereocenters. The molecule has 1 aromatic rings. The van der Waals surface area contributed by atoms with Gasteiger partial charge in [-0.15, -0.1) is 0 Å². The molecule has 0 aliphatic carbocycles. The highest BCUT2D eigenvalue weighted by Crippen LogP contribution is 2.22. The Balaban J connectivity index is 1.94. The van der Waals surface area contributed by atoms with Gasteiger partial charge < -0.3 is 10.0 Å². The summed E-state index contributed by atoms with van der Waals surface area (Å²) in [4.78, 5) is 24.9. The molecule has 0 spiro atoms. The van der Waals surface area contributed by atoms with Gasteiger partial charge in [-0.1, -0.05) is 0 Å². The first kappa shape index (κ1) is 14.1. The number of piperidine rings is 1. The quantitative estimate of drug-likeness (QED) is 0.902. The first-order chi connectivity index (χ1) is 9.16. The van der Waals surface area contributed by atoms with Gasteiger partial charge in [-0.25, -0.2) is 0 Å². The molecule has 1 fully saturated rings. The summed E-state index contributed by atoms with van der Waals surface area (Å²) in [6.07, 6.45) is 4.21. The van der Waals surface area contributed by atoms with E-state index in [9.17, 15) is 9.59 Å². The van der Waals surface area contributed by atoms with Crippen LogP contribution in [0.3, 0.4) is 0 Å². The van der Waals surface area contributed by atoms with Crippen LogP contribution in [0.5, 0.6) is 0 Å². The first-order valence-corrected chi connectivity index (χ1v) is 7.63. The summed E-state index contributed by atoms with van der Waals surface area (Å²) in [7, 11) is 0. The molecule has 19 heavy (non-hydrogen) atoms. The van der Waals surface area contributed by atoms with Crippen molar-refractivity contribution in [3.05, 3.63) is 22.4 Å². The molecule has 1 atom stereocenters. The molecule has 1 aliphatic rings. The van der Waals surface area contributed by atoms with Gasteiger partial charge in [-0.3, -0.25) is 9.59 Å². The van der Waals surface area contributed by atoms with Crippen LogP contribution in [-0.4, -0.2) is 34.5 Å². The van der Waals surface area contributed by atoms with E-state index in [2.05, 4.69) is 0 Å². The molecule has 4 nitrogen and oxygen atoms in total. The van der Waals surface area contributed by atoms with Crippen LogP contribution in [0.15, 0.2) is 16.8 Å². The van der Waals surface area contributed by atoms with E-state index in [0.29, 0.717) is 12.8 Å². The van der Waals surface area contributed by atoms with Crippen LogP contribution >= 0.6 is 11.3 Å². The minimum Gasteiger partial charge on any atom is -0.481 e. The molecule has 104 valence electrons. The summed E-state index contributed by atoms with van der Waals surface area (Å²) < 4.78 is 0. The van der Waals surface area contributed by atoms with Crippen molar-refractivity contribution >= 4 is 23.2 Å². The van der Waals surface area contributed by atoms with Crippen LogP contribution in [-0.2, 0) is 16.0 Å². The number of carbonyl (C=O) groups excluding carboxylic acids is 1. The van der Waals surface area contributed by atoms with Crippen LogP contribution in [0.4, 0.5) is 0 Å². The topological polar surface area (TPSA) is 57.6 Å². The Morgan fingerprint density at radius 3 is 2.95 bits per heavy atom. The number of hydrogen-bond acceptors (Lipinski definition) is 3. The first-order valence-electron chi connectivity index (χ1n) is 6.69.